The highest BCUT2D eigenvalue weighted by Gasteiger charge is 2.23. The van der Waals surface area contributed by atoms with Crippen molar-refractivity contribution in [1.82, 2.24) is 4.98 Å². The van der Waals surface area contributed by atoms with Gasteiger partial charge in [0.2, 0.25) is 5.91 Å². The molecule has 0 fully saturated rings. The average Bonchev–Trinajstić information content (AvgIpc) is 3.14. The number of fused-ring (bicyclic) bond motifs is 1. The molecular weight excluding hydrogens is 358 g/mol. The maximum atomic E-state index is 12.8. The van der Waals surface area contributed by atoms with E-state index in [-0.39, 0.29) is 18.2 Å². The fraction of sp³-hybridized carbons (Fsp3) is 0.190. The van der Waals surface area contributed by atoms with E-state index in [0.717, 1.165) is 25.1 Å². The van der Waals surface area contributed by atoms with Crippen LogP contribution < -0.4 is 10.2 Å². The summed E-state index contributed by atoms with van der Waals surface area (Å²) in [6.45, 7) is 0.734. The van der Waals surface area contributed by atoms with Crippen molar-refractivity contribution in [3.05, 3.63) is 76.8 Å². The predicted molar refractivity (Wildman–Crippen MR) is 107 cm³/mol. The van der Waals surface area contributed by atoms with Crippen LogP contribution in [0.3, 0.4) is 0 Å². The van der Waals surface area contributed by atoms with Crippen molar-refractivity contribution in [2.24, 2.45) is 0 Å². The molecule has 6 heteroatoms. The second-order valence-electron chi connectivity index (χ2n) is 6.42. The lowest BCUT2D eigenvalue weighted by Crippen LogP contribution is -2.36. The van der Waals surface area contributed by atoms with E-state index in [1.807, 2.05) is 46.7 Å². The van der Waals surface area contributed by atoms with Gasteiger partial charge in [-0.2, -0.15) is 0 Å². The Hall–Kier alpha value is -2.99. The van der Waals surface area contributed by atoms with Gasteiger partial charge in [0, 0.05) is 23.2 Å². The lowest BCUT2D eigenvalue weighted by Gasteiger charge is -2.29. The Balaban J connectivity index is 1.43. The van der Waals surface area contributed by atoms with Gasteiger partial charge in [0.25, 0.3) is 5.91 Å². The van der Waals surface area contributed by atoms with Gasteiger partial charge in [-0.05, 0) is 36.6 Å². The van der Waals surface area contributed by atoms with Crippen LogP contribution in [0.2, 0.25) is 0 Å². The molecule has 3 aromatic rings. The van der Waals surface area contributed by atoms with E-state index in [4.69, 9.17) is 0 Å². The molecule has 136 valence electrons. The van der Waals surface area contributed by atoms with Crippen molar-refractivity contribution in [3.8, 4) is 0 Å². The molecular formula is C21H19N3O2S. The van der Waals surface area contributed by atoms with Gasteiger partial charge >= 0.3 is 0 Å². The van der Waals surface area contributed by atoms with Gasteiger partial charge in [0.1, 0.15) is 0 Å². The van der Waals surface area contributed by atoms with Gasteiger partial charge in [0.05, 0.1) is 12.1 Å². The molecule has 0 spiro atoms. The Morgan fingerprint density at radius 3 is 2.70 bits per heavy atom. The zero-order chi connectivity index (χ0) is 18.6. The number of aromatic nitrogens is 1. The number of amides is 2. The van der Waals surface area contributed by atoms with Crippen molar-refractivity contribution >= 4 is 34.0 Å². The highest BCUT2D eigenvalue weighted by atomic mass is 32.1. The summed E-state index contributed by atoms with van der Waals surface area (Å²) >= 11 is 1.33. The largest absolute Gasteiger partial charge is 0.312 e. The van der Waals surface area contributed by atoms with Gasteiger partial charge in [0.15, 0.2) is 5.13 Å². The van der Waals surface area contributed by atoms with E-state index < -0.39 is 0 Å². The van der Waals surface area contributed by atoms with E-state index in [1.165, 1.54) is 16.9 Å². The lowest BCUT2D eigenvalue weighted by molar-refractivity contribution is -0.118. The van der Waals surface area contributed by atoms with Crippen LogP contribution in [0.15, 0.2) is 60.0 Å². The van der Waals surface area contributed by atoms with Crippen LogP contribution in [-0.2, 0) is 17.6 Å². The predicted octanol–water partition coefficient (Wildman–Crippen LogP) is 3.92. The van der Waals surface area contributed by atoms with E-state index in [0.29, 0.717) is 16.4 Å². The Bertz CT molecular complexity index is 968. The van der Waals surface area contributed by atoms with Gasteiger partial charge in [-0.15, -0.1) is 11.3 Å². The van der Waals surface area contributed by atoms with Gasteiger partial charge < -0.3 is 4.90 Å². The average molecular weight is 377 g/mol. The first-order valence-electron chi connectivity index (χ1n) is 8.90. The van der Waals surface area contributed by atoms with Crippen LogP contribution in [0.25, 0.3) is 0 Å². The minimum Gasteiger partial charge on any atom is -0.312 e. The summed E-state index contributed by atoms with van der Waals surface area (Å²) < 4.78 is 0. The van der Waals surface area contributed by atoms with Gasteiger partial charge in [-0.1, -0.05) is 36.4 Å². The van der Waals surface area contributed by atoms with Crippen LogP contribution in [0.1, 0.15) is 28.0 Å². The maximum absolute atomic E-state index is 12.8. The zero-order valence-corrected chi connectivity index (χ0v) is 15.5. The molecule has 5 nitrogen and oxygen atoms in total. The molecule has 1 N–H and O–H groups in total. The molecule has 0 unspecified atom stereocenters. The summed E-state index contributed by atoms with van der Waals surface area (Å²) in [5, 5.41) is 5.12. The van der Waals surface area contributed by atoms with Crippen molar-refractivity contribution in [2.45, 2.75) is 19.3 Å². The number of para-hydroxylation sites is 1. The number of carbonyl (C=O) groups is 2. The quantitative estimate of drug-likeness (QED) is 0.750. The lowest BCUT2D eigenvalue weighted by atomic mass is 10.0. The Morgan fingerprint density at radius 1 is 1.07 bits per heavy atom. The highest BCUT2D eigenvalue weighted by Crippen LogP contribution is 2.27. The molecule has 1 aromatic heterocycles. The van der Waals surface area contributed by atoms with Crippen LogP contribution in [0.5, 0.6) is 0 Å². The first-order chi connectivity index (χ1) is 13.2. The number of benzene rings is 2. The summed E-state index contributed by atoms with van der Waals surface area (Å²) in [5.74, 6) is -0.166. The van der Waals surface area contributed by atoms with E-state index in [9.17, 15) is 9.59 Å². The molecule has 0 bridgehead atoms. The number of rotatable bonds is 4. The summed E-state index contributed by atoms with van der Waals surface area (Å²) in [6.07, 6.45) is 2.20. The second-order valence-corrected chi connectivity index (χ2v) is 7.28. The molecule has 1 aliphatic rings. The summed E-state index contributed by atoms with van der Waals surface area (Å²) in [4.78, 5) is 31.3. The normalized spacial score (nSPS) is 13.1. The molecule has 27 heavy (non-hydrogen) atoms. The fourth-order valence-corrected chi connectivity index (χ4v) is 3.95. The molecule has 2 aromatic carbocycles. The molecule has 2 amide bonds. The first kappa shape index (κ1) is 17.4. The molecule has 0 aliphatic carbocycles. The molecule has 1 aliphatic heterocycles. The van der Waals surface area contributed by atoms with Crippen LogP contribution in [0.4, 0.5) is 10.8 Å². The summed E-state index contributed by atoms with van der Waals surface area (Å²) in [7, 11) is 0. The molecule has 4 rings (SSSR count). The fourth-order valence-electron chi connectivity index (χ4n) is 3.25. The smallest absolute Gasteiger partial charge is 0.257 e. The third kappa shape index (κ3) is 3.90. The van der Waals surface area contributed by atoms with Crippen molar-refractivity contribution in [1.29, 1.82) is 0 Å². The zero-order valence-electron chi connectivity index (χ0n) is 14.7. The number of hydrogen-bond donors (Lipinski definition) is 1. The Morgan fingerprint density at radius 2 is 1.85 bits per heavy atom. The minimum absolute atomic E-state index is 0.0355. The minimum atomic E-state index is -0.201. The Kier molecular flexibility index (Phi) is 4.98. The van der Waals surface area contributed by atoms with E-state index >= 15 is 0 Å². The van der Waals surface area contributed by atoms with Crippen molar-refractivity contribution < 1.29 is 9.59 Å². The molecule has 0 radical (unpaired) electrons. The topological polar surface area (TPSA) is 62.3 Å². The number of anilines is 2. The number of carbonyl (C=O) groups excluding carboxylic acids is 2. The van der Waals surface area contributed by atoms with Crippen molar-refractivity contribution in [2.75, 3.05) is 16.8 Å². The second kappa shape index (κ2) is 7.72. The molecule has 0 atom stereocenters. The van der Waals surface area contributed by atoms with E-state index in [1.54, 1.807) is 12.1 Å². The number of nitrogens with zero attached hydrogens (tertiary/aromatic N) is 2. The van der Waals surface area contributed by atoms with Crippen LogP contribution >= 0.6 is 11.3 Å². The number of nitrogens with one attached hydrogen (secondary N) is 1. The van der Waals surface area contributed by atoms with Crippen LogP contribution in [-0.4, -0.2) is 23.3 Å². The summed E-state index contributed by atoms with van der Waals surface area (Å²) in [5.41, 5.74) is 3.47. The molecule has 0 saturated heterocycles. The van der Waals surface area contributed by atoms with Crippen LogP contribution in [0, 0.1) is 0 Å². The van der Waals surface area contributed by atoms with Gasteiger partial charge in [-0.25, -0.2) is 4.98 Å². The number of hydrogen-bond acceptors (Lipinski definition) is 4. The molecule has 2 heterocycles. The third-order valence-electron chi connectivity index (χ3n) is 4.55. The Labute approximate surface area is 161 Å². The maximum Gasteiger partial charge on any atom is 0.257 e. The number of aryl methyl sites for hydroxylation is 1. The van der Waals surface area contributed by atoms with Gasteiger partial charge in [-0.3, -0.25) is 14.9 Å². The SMILES string of the molecule is O=C(Nc1nc(CC(=O)N2CCCc3ccccc32)cs1)c1ccccc1. The standard InChI is InChI=1S/C21H19N3O2S/c25-19(24-12-6-10-15-7-4-5-11-18(15)24)13-17-14-27-21(22-17)23-20(26)16-8-2-1-3-9-16/h1-5,7-9,11,14H,6,10,12-13H2,(H,22,23,26). The number of thiazole rings is 1. The first-order valence-corrected chi connectivity index (χ1v) is 9.78. The van der Waals surface area contributed by atoms with E-state index in [2.05, 4.69) is 16.4 Å². The third-order valence-corrected chi connectivity index (χ3v) is 5.36. The monoisotopic (exact) mass is 377 g/mol. The summed E-state index contributed by atoms with van der Waals surface area (Å²) in [6, 6.07) is 17.0. The molecule has 0 saturated carbocycles. The van der Waals surface area contributed by atoms with Crippen molar-refractivity contribution in [3.63, 3.8) is 0 Å². The highest BCUT2D eigenvalue weighted by molar-refractivity contribution is 7.14.